The van der Waals surface area contributed by atoms with Crippen LogP contribution in [0.15, 0.2) is 146 Å². The molecule has 0 fully saturated rings. The molecule has 0 saturated heterocycles. The van der Waals surface area contributed by atoms with Crippen LogP contribution in [0.2, 0.25) is 0 Å². The lowest BCUT2D eigenvalue weighted by atomic mass is 10.1. The standard InChI is InChI=1S/C38H31N5O/c44-38-35(26-29-10-4-1-5-11-29)41-37-34(21-16-28-22-24-39-25-23-28)40-36(27-42(37)38)30-17-19-33(20-18-30)43(31-12-6-2-7-13-31)32-14-8-3-9-15-32/h1-15,17-20,22-25,27,44H,16,21,26H2. The Balaban J connectivity index is 1.28. The fourth-order valence-corrected chi connectivity index (χ4v) is 5.55. The maximum absolute atomic E-state index is 11.4. The number of anilines is 3. The summed E-state index contributed by atoms with van der Waals surface area (Å²) in [6.45, 7) is 0. The van der Waals surface area contributed by atoms with Gasteiger partial charge in [-0.05, 0) is 72.5 Å². The Bertz CT molecular complexity index is 1940. The quantitative estimate of drug-likeness (QED) is 0.188. The van der Waals surface area contributed by atoms with E-state index in [4.69, 9.17) is 9.97 Å². The number of rotatable bonds is 9. The molecule has 214 valence electrons. The zero-order chi connectivity index (χ0) is 29.7. The van der Waals surface area contributed by atoms with Gasteiger partial charge in [0, 0.05) is 47.6 Å². The molecule has 0 radical (unpaired) electrons. The van der Waals surface area contributed by atoms with E-state index in [0.29, 0.717) is 24.2 Å². The summed E-state index contributed by atoms with van der Waals surface area (Å²) < 4.78 is 1.79. The highest BCUT2D eigenvalue weighted by Gasteiger charge is 2.18. The Morgan fingerprint density at radius 2 is 1.16 bits per heavy atom. The minimum absolute atomic E-state index is 0.147. The highest BCUT2D eigenvalue weighted by Crippen LogP contribution is 2.35. The van der Waals surface area contributed by atoms with Gasteiger partial charge in [-0.15, -0.1) is 0 Å². The highest BCUT2D eigenvalue weighted by molar-refractivity contribution is 5.78. The Morgan fingerprint density at radius 1 is 0.568 bits per heavy atom. The molecular weight excluding hydrogens is 542 g/mol. The number of fused-ring (bicyclic) bond motifs is 1. The summed E-state index contributed by atoms with van der Waals surface area (Å²) in [4.78, 5) is 16.4. The second kappa shape index (κ2) is 12.2. The van der Waals surface area contributed by atoms with E-state index in [0.717, 1.165) is 46.0 Å². The number of aryl methyl sites for hydroxylation is 2. The van der Waals surface area contributed by atoms with Gasteiger partial charge in [-0.3, -0.25) is 9.38 Å². The zero-order valence-corrected chi connectivity index (χ0v) is 24.2. The molecule has 4 aromatic carbocycles. The van der Waals surface area contributed by atoms with Crippen molar-refractivity contribution < 1.29 is 5.11 Å². The van der Waals surface area contributed by atoms with Gasteiger partial charge in [0.05, 0.1) is 11.4 Å². The Morgan fingerprint density at radius 3 is 1.80 bits per heavy atom. The minimum atomic E-state index is 0.147. The Labute approximate surface area is 256 Å². The lowest BCUT2D eigenvalue weighted by Gasteiger charge is -2.25. The van der Waals surface area contributed by atoms with Crippen molar-refractivity contribution in [1.29, 1.82) is 0 Å². The lowest BCUT2D eigenvalue weighted by molar-refractivity contribution is 0.442. The number of aromatic nitrogens is 4. The van der Waals surface area contributed by atoms with E-state index in [2.05, 4.69) is 82.7 Å². The first-order valence-corrected chi connectivity index (χ1v) is 14.8. The maximum Gasteiger partial charge on any atom is 0.219 e. The molecule has 0 unspecified atom stereocenters. The minimum Gasteiger partial charge on any atom is -0.493 e. The van der Waals surface area contributed by atoms with Gasteiger partial charge in [0.1, 0.15) is 5.69 Å². The third-order valence-corrected chi connectivity index (χ3v) is 7.78. The molecule has 7 rings (SSSR count). The van der Waals surface area contributed by atoms with E-state index in [1.165, 1.54) is 5.56 Å². The maximum atomic E-state index is 11.4. The van der Waals surface area contributed by atoms with Gasteiger partial charge in [0.2, 0.25) is 5.88 Å². The summed E-state index contributed by atoms with van der Waals surface area (Å²) in [5, 5.41) is 11.4. The van der Waals surface area contributed by atoms with E-state index in [1.54, 1.807) is 4.40 Å². The molecule has 0 aliphatic carbocycles. The molecule has 0 aliphatic rings. The van der Waals surface area contributed by atoms with Gasteiger partial charge in [0.15, 0.2) is 5.65 Å². The largest absolute Gasteiger partial charge is 0.493 e. The number of hydrogen-bond donors (Lipinski definition) is 1. The van der Waals surface area contributed by atoms with Crippen LogP contribution in [0.25, 0.3) is 16.9 Å². The summed E-state index contributed by atoms with van der Waals surface area (Å²) >= 11 is 0. The molecule has 6 nitrogen and oxygen atoms in total. The number of benzene rings is 4. The third kappa shape index (κ3) is 5.65. The lowest BCUT2D eigenvalue weighted by Crippen LogP contribution is -2.09. The van der Waals surface area contributed by atoms with Gasteiger partial charge in [-0.2, -0.15) is 0 Å². The smallest absolute Gasteiger partial charge is 0.219 e. The summed E-state index contributed by atoms with van der Waals surface area (Å²) in [5.74, 6) is 0.147. The van der Waals surface area contributed by atoms with Crippen LogP contribution < -0.4 is 4.90 Å². The highest BCUT2D eigenvalue weighted by atomic mass is 16.3. The summed E-state index contributed by atoms with van der Waals surface area (Å²) in [5.41, 5.74) is 9.37. The number of nitrogens with zero attached hydrogens (tertiary/aromatic N) is 5. The van der Waals surface area contributed by atoms with Crippen LogP contribution in [0.3, 0.4) is 0 Å². The van der Waals surface area contributed by atoms with Crippen LogP contribution in [0.5, 0.6) is 5.88 Å². The zero-order valence-electron chi connectivity index (χ0n) is 24.2. The Kier molecular flexibility index (Phi) is 7.54. The summed E-state index contributed by atoms with van der Waals surface area (Å²) in [6, 6.07) is 43.3. The average Bonchev–Trinajstić information content (AvgIpc) is 3.40. The van der Waals surface area contributed by atoms with Crippen molar-refractivity contribution in [3.8, 4) is 17.1 Å². The van der Waals surface area contributed by atoms with Crippen molar-refractivity contribution in [3.05, 3.63) is 168 Å². The predicted molar refractivity (Wildman–Crippen MR) is 176 cm³/mol. The number of pyridine rings is 1. The second-order valence-electron chi connectivity index (χ2n) is 10.7. The number of para-hydroxylation sites is 2. The van der Waals surface area contributed by atoms with Crippen molar-refractivity contribution in [2.45, 2.75) is 19.3 Å². The van der Waals surface area contributed by atoms with Crippen molar-refractivity contribution in [2.24, 2.45) is 0 Å². The van der Waals surface area contributed by atoms with E-state index in [-0.39, 0.29) is 5.88 Å². The molecule has 1 N–H and O–H groups in total. The van der Waals surface area contributed by atoms with Gasteiger partial charge >= 0.3 is 0 Å². The van der Waals surface area contributed by atoms with Crippen LogP contribution in [0.1, 0.15) is 22.5 Å². The molecular formula is C38H31N5O. The van der Waals surface area contributed by atoms with Crippen LogP contribution >= 0.6 is 0 Å². The Hall–Kier alpha value is -5.75. The summed E-state index contributed by atoms with van der Waals surface area (Å²) in [6.07, 6.45) is 7.52. The van der Waals surface area contributed by atoms with E-state index >= 15 is 0 Å². The molecule has 0 atom stereocenters. The molecule has 44 heavy (non-hydrogen) atoms. The van der Waals surface area contributed by atoms with Gasteiger partial charge in [0.25, 0.3) is 0 Å². The van der Waals surface area contributed by atoms with Crippen LogP contribution in [0, 0.1) is 0 Å². The van der Waals surface area contributed by atoms with Crippen molar-refractivity contribution in [2.75, 3.05) is 4.90 Å². The summed E-state index contributed by atoms with van der Waals surface area (Å²) in [7, 11) is 0. The number of hydrogen-bond acceptors (Lipinski definition) is 5. The molecule has 7 aromatic rings. The fourth-order valence-electron chi connectivity index (χ4n) is 5.55. The van der Waals surface area contributed by atoms with Crippen molar-refractivity contribution in [3.63, 3.8) is 0 Å². The van der Waals surface area contributed by atoms with E-state index in [1.807, 2.05) is 73.2 Å². The second-order valence-corrected chi connectivity index (χ2v) is 10.7. The third-order valence-electron chi connectivity index (χ3n) is 7.78. The van der Waals surface area contributed by atoms with Crippen LogP contribution in [0.4, 0.5) is 17.1 Å². The first kappa shape index (κ1) is 27.1. The molecule has 0 aliphatic heterocycles. The molecule has 3 heterocycles. The van der Waals surface area contributed by atoms with Crippen LogP contribution in [-0.2, 0) is 19.3 Å². The molecule has 3 aromatic heterocycles. The molecule has 0 amide bonds. The van der Waals surface area contributed by atoms with Gasteiger partial charge in [-0.25, -0.2) is 9.97 Å². The normalized spacial score (nSPS) is 11.1. The topological polar surface area (TPSA) is 66.6 Å². The van der Waals surface area contributed by atoms with Gasteiger partial charge in [-0.1, -0.05) is 78.9 Å². The van der Waals surface area contributed by atoms with E-state index < -0.39 is 0 Å². The first-order valence-electron chi connectivity index (χ1n) is 14.8. The number of imidazole rings is 1. The molecule has 0 spiro atoms. The fraction of sp³-hybridized carbons (Fsp3) is 0.0789. The SMILES string of the molecule is Oc1c(Cc2ccccc2)nc2c(CCc3ccncc3)nc(-c3ccc(N(c4ccccc4)c4ccccc4)cc3)cn12. The van der Waals surface area contributed by atoms with Crippen molar-refractivity contribution in [1.82, 2.24) is 19.4 Å². The first-order chi connectivity index (χ1) is 21.7. The predicted octanol–water partition coefficient (Wildman–Crippen LogP) is 8.34. The molecule has 0 bridgehead atoms. The monoisotopic (exact) mass is 573 g/mol. The number of aromatic hydroxyl groups is 1. The molecule has 0 saturated carbocycles. The molecule has 6 heteroatoms. The van der Waals surface area contributed by atoms with E-state index in [9.17, 15) is 5.11 Å². The van der Waals surface area contributed by atoms with Crippen LogP contribution in [-0.4, -0.2) is 24.5 Å². The van der Waals surface area contributed by atoms with Gasteiger partial charge < -0.3 is 10.0 Å². The van der Waals surface area contributed by atoms with Crippen molar-refractivity contribution >= 4 is 22.7 Å². The average molecular weight is 574 g/mol.